The molecule has 0 aliphatic carbocycles. The van der Waals surface area contributed by atoms with Crippen molar-refractivity contribution in [3.05, 3.63) is 64.3 Å². The first-order valence-corrected chi connectivity index (χ1v) is 9.46. The van der Waals surface area contributed by atoms with Gasteiger partial charge in [-0.15, -0.1) is 0 Å². The second kappa shape index (κ2) is 7.90. The molecule has 1 aliphatic heterocycles. The third-order valence-corrected chi connectivity index (χ3v) is 5.04. The molecule has 2 aromatic carbocycles. The molecule has 2 amide bonds. The molecule has 1 aromatic heterocycles. The molecule has 10 heteroatoms. The number of non-ortho nitro benzene ring substituents is 1. The van der Waals surface area contributed by atoms with Gasteiger partial charge in [0.1, 0.15) is 17.6 Å². The fourth-order valence-electron chi connectivity index (χ4n) is 3.54. The summed E-state index contributed by atoms with van der Waals surface area (Å²) in [6, 6.07) is 12.1. The Bertz CT molecular complexity index is 1170. The summed E-state index contributed by atoms with van der Waals surface area (Å²) in [6.07, 6.45) is -0.126. The second-order valence-electron chi connectivity index (χ2n) is 7.04. The van der Waals surface area contributed by atoms with Gasteiger partial charge in [-0.1, -0.05) is 12.1 Å². The SMILES string of the molecule is COc1ccc(-c2c(C)nn3c2NC(=O)C3CC(=O)Nc2ccc([N+](=O)[O-])cc2)cc1. The number of aryl methyl sites for hydroxylation is 1. The van der Waals surface area contributed by atoms with Gasteiger partial charge >= 0.3 is 0 Å². The van der Waals surface area contributed by atoms with Crippen LogP contribution in [0.25, 0.3) is 11.1 Å². The summed E-state index contributed by atoms with van der Waals surface area (Å²) >= 11 is 0. The number of nitrogens with zero attached hydrogens (tertiary/aromatic N) is 3. The van der Waals surface area contributed by atoms with Crippen LogP contribution in [0.3, 0.4) is 0 Å². The van der Waals surface area contributed by atoms with Gasteiger partial charge in [0.15, 0.2) is 0 Å². The van der Waals surface area contributed by atoms with Gasteiger partial charge in [0.25, 0.3) is 11.6 Å². The molecule has 10 nitrogen and oxygen atoms in total. The standard InChI is InChI=1S/C21H19N5O5/c1-12-19(13-3-9-16(31-2)10-4-13)20-23-21(28)17(25(20)24-12)11-18(27)22-14-5-7-15(8-6-14)26(29)30/h3-10,17H,11H2,1-2H3,(H,22,27)(H,23,28). The molecular formula is C21H19N5O5. The minimum atomic E-state index is -0.793. The number of methoxy groups -OCH3 is 1. The normalized spacial score (nSPS) is 14.6. The van der Waals surface area contributed by atoms with Crippen LogP contribution in [-0.2, 0) is 9.59 Å². The van der Waals surface area contributed by atoms with Crippen LogP contribution in [0.4, 0.5) is 17.2 Å². The minimum absolute atomic E-state index is 0.0733. The molecule has 2 N–H and O–H groups in total. The quantitative estimate of drug-likeness (QED) is 0.464. The van der Waals surface area contributed by atoms with Crippen LogP contribution in [0.1, 0.15) is 18.2 Å². The number of ether oxygens (including phenoxy) is 1. The zero-order chi connectivity index (χ0) is 22.1. The van der Waals surface area contributed by atoms with Crippen LogP contribution >= 0.6 is 0 Å². The highest BCUT2D eigenvalue weighted by atomic mass is 16.6. The molecule has 0 bridgehead atoms. The topological polar surface area (TPSA) is 128 Å². The van der Waals surface area contributed by atoms with E-state index >= 15 is 0 Å². The molecule has 1 aliphatic rings. The lowest BCUT2D eigenvalue weighted by molar-refractivity contribution is -0.384. The van der Waals surface area contributed by atoms with E-state index in [9.17, 15) is 19.7 Å². The van der Waals surface area contributed by atoms with Gasteiger partial charge in [0, 0.05) is 23.4 Å². The fraction of sp³-hybridized carbons (Fsp3) is 0.190. The van der Waals surface area contributed by atoms with Crippen LogP contribution in [0.15, 0.2) is 48.5 Å². The lowest BCUT2D eigenvalue weighted by atomic mass is 10.1. The Hall–Kier alpha value is -4.21. The average Bonchev–Trinajstić information content (AvgIpc) is 3.22. The van der Waals surface area contributed by atoms with Crippen molar-refractivity contribution in [3.8, 4) is 16.9 Å². The van der Waals surface area contributed by atoms with Crippen LogP contribution in [0, 0.1) is 17.0 Å². The Morgan fingerprint density at radius 1 is 1.23 bits per heavy atom. The molecular weight excluding hydrogens is 402 g/mol. The summed E-state index contributed by atoms with van der Waals surface area (Å²) in [5.41, 5.74) is 2.71. The number of anilines is 2. The zero-order valence-corrected chi connectivity index (χ0v) is 16.8. The highest BCUT2D eigenvalue weighted by molar-refractivity contribution is 6.04. The third kappa shape index (κ3) is 3.82. The van der Waals surface area contributed by atoms with E-state index in [1.165, 1.54) is 28.9 Å². The molecule has 158 valence electrons. The molecule has 0 spiro atoms. The van der Waals surface area contributed by atoms with Crippen LogP contribution in [0.2, 0.25) is 0 Å². The second-order valence-corrected chi connectivity index (χ2v) is 7.04. The maximum Gasteiger partial charge on any atom is 0.269 e. The molecule has 2 heterocycles. The number of amides is 2. The van der Waals surface area contributed by atoms with Crippen molar-refractivity contribution in [1.29, 1.82) is 0 Å². The van der Waals surface area contributed by atoms with Crippen molar-refractivity contribution < 1.29 is 19.2 Å². The van der Waals surface area contributed by atoms with E-state index in [1.807, 2.05) is 31.2 Å². The number of hydrogen-bond donors (Lipinski definition) is 2. The molecule has 4 rings (SSSR count). The zero-order valence-electron chi connectivity index (χ0n) is 16.8. The summed E-state index contributed by atoms with van der Waals surface area (Å²) in [5, 5.41) is 20.7. The summed E-state index contributed by atoms with van der Waals surface area (Å²) in [6.45, 7) is 1.84. The summed E-state index contributed by atoms with van der Waals surface area (Å²) in [4.78, 5) is 35.3. The van der Waals surface area contributed by atoms with E-state index in [1.54, 1.807) is 7.11 Å². The third-order valence-electron chi connectivity index (χ3n) is 5.04. The van der Waals surface area contributed by atoms with Crippen molar-refractivity contribution in [1.82, 2.24) is 9.78 Å². The van der Waals surface area contributed by atoms with E-state index in [0.29, 0.717) is 11.5 Å². The van der Waals surface area contributed by atoms with Crippen molar-refractivity contribution in [2.45, 2.75) is 19.4 Å². The first-order chi connectivity index (χ1) is 14.9. The average molecular weight is 421 g/mol. The molecule has 31 heavy (non-hydrogen) atoms. The Morgan fingerprint density at radius 2 is 1.90 bits per heavy atom. The molecule has 0 saturated carbocycles. The first-order valence-electron chi connectivity index (χ1n) is 9.46. The number of fused-ring (bicyclic) bond motifs is 1. The number of benzene rings is 2. The Kier molecular flexibility index (Phi) is 5.12. The maximum atomic E-state index is 12.5. The molecule has 1 atom stereocenters. The number of aromatic nitrogens is 2. The largest absolute Gasteiger partial charge is 0.497 e. The van der Waals surface area contributed by atoms with Crippen LogP contribution < -0.4 is 15.4 Å². The van der Waals surface area contributed by atoms with Crippen molar-refractivity contribution in [2.75, 3.05) is 17.7 Å². The van der Waals surface area contributed by atoms with Gasteiger partial charge in [-0.05, 0) is 36.8 Å². The van der Waals surface area contributed by atoms with Gasteiger partial charge in [-0.2, -0.15) is 5.10 Å². The van der Waals surface area contributed by atoms with E-state index in [0.717, 1.165) is 22.6 Å². The van der Waals surface area contributed by atoms with E-state index in [-0.39, 0.29) is 18.0 Å². The number of nitro groups is 1. The Labute approximate surface area is 177 Å². The van der Waals surface area contributed by atoms with Crippen molar-refractivity contribution in [3.63, 3.8) is 0 Å². The first kappa shape index (κ1) is 20.1. The van der Waals surface area contributed by atoms with E-state index in [4.69, 9.17) is 4.74 Å². The van der Waals surface area contributed by atoms with Crippen LogP contribution in [0.5, 0.6) is 5.75 Å². The number of carbonyl (C=O) groups is 2. The van der Waals surface area contributed by atoms with E-state index < -0.39 is 16.9 Å². The van der Waals surface area contributed by atoms with Crippen LogP contribution in [-0.4, -0.2) is 33.6 Å². The lowest BCUT2D eigenvalue weighted by Crippen LogP contribution is -2.23. The highest BCUT2D eigenvalue weighted by Crippen LogP contribution is 2.38. The number of nitrogens with one attached hydrogen (secondary N) is 2. The number of hydrogen-bond acceptors (Lipinski definition) is 6. The predicted molar refractivity (Wildman–Crippen MR) is 113 cm³/mol. The molecule has 0 fully saturated rings. The number of carbonyl (C=O) groups excluding carboxylic acids is 2. The van der Waals surface area contributed by atoms with Gasteiger partial charge in [-0.25, -0.2) is 4.68 Å². The molecule has 3 aromatic rings. The molecule has 0 saturated heterocycles. The predicted octanol–water partition coefficient (Wildman–Crippen LogP) is 3.30. The lowest BCUT2D eigenvalue weighted by Gasteiger charge is -2.10. The summed E-state index contributed by atoms with van der Waals surface area (Å²) < 4.78 is 6.72. The Morgan fingerprint density at radius 3 is 2.52 bits per heavy atom. The van der Waals surface area contributed by atoms with Crippen molar-refractivity contribution in [2.24, 2.45) is 0 Å². The maximum absolute atomic E-state index is 12.5. The van der Waals surface area contributed by atoms with Crippen molar-refractivity contribution >= 4 is 29.0 Å². The van der Waals surface area contributed by atoms with Gasteiger partial charge < -0.3 is 15.4 Å². The van der Waals surface area contributed by atoms with E-state index in [2.05, 4.69) is 15.7 Å². The summed E-state index contributed by atoms with van der Waals surface area (Å²) in [7, 11) is 1.59. The number of rotatable bonds is 6. The van der Waals surface area contributed by atoms with Gasteiger partial charge in [0.05, 0.1) is 24.1 Å². The Balaban J connectivity index is 1.53. The molecule has 0 radical (unpaired) electrons. The molecule has 1 unspecified atom stereocenters. The minimum Gasteiger partial charge on any atom is -0.497 e. The number of nitro benzene ring substituents is 1. The van der Waals surface area contributed by atoms with Gasteiger partial charge in [-0.3, -0.25) is 19.7 Å². The van der Waals surface area contributed by atoms with Gasteiger partial charge in [0.2, 0.25) is 5.91 Å². The fourth-order valence-corrected chi connectivity index (χ4v) is 3.54. The smallest absolute Gasteiger partial charge is 0.269 e. The highest BCUT2D eigenvalue weighted by Gasteiger charge is 2.36. The summed E-state index contributed by atoms with van der Waals surface area (Å²) in [5.74, 6) is 0.535. The monoisotopic (exact) mass is 421 g/mol.